The van der Waals surface area contributed by atoms with Crippen molar-refractivity contribution in [3.8, 4) is 0 Å². The fraction of sp³-hybridized carbons (Fsp3) is 0.520. The minimum absolute atomic E-state index is 0.0590. The van der Waals surface area contributed by atoms with Crippen LogP contribution in [-0.2, 0) is 22.4 Å². The van der Waals surface area contributed by atoms with Crippen molar-refractivity contribution in [1.82, 2.24) is 4.90 Å². The topological polar surface area (TPSA) is 61.9 Å². The number of hydrogen-bond donors (Lipinski definition) is 1. The van der Waals surface area contributed by atoms with E-state index in [4.69, 9.17) is 4.74 Å². The van der Waals surface area contributed by atoms with E-state index in [9.17, 15) is 9.59 Å². The van der Waals surface area contributed by atoms with Crippen molar-refractivity contribution >= 4 is 33.9 Å². The van der Waals surface area contributed by atoms with Crippen LogP contribution in [0.2, 0.25) is 0 Å². The van der Waals surface area contributed by atoms with Gasteiger partial charge in [-0.05, 0) is 56.7 Å². The van der Waals surface area contributed by atoms with Crippen molar-refractivity contribution < 1.29 is 14.3 Å². The lowest BCUT2D eigenvalue weighted by Crippen LogP contribution is -2.48. The van der Waals surface area contributed by atoms with Gasteiger partial charge < -0.3 is 15.0 Å². The Morgan fingerprint density at radius 2 is 1.81 bits per heavy atom. The molecule has 2 aromatic rings. The molecule has 6 nitrogen and oxygen atoms in total. The zero-order chi connectivity index (χ0) is 22.5. The van der Waals surface area contributed by atoms with Crippen molar-refractivity contribution in [3.63, 3.8) is 0 Å². The monoisotopic (exact) mass is 455 g/mol. The second kappa shape index (κ2) is 10.5. The van der Waals surface area contributed by atoms with Crippen LogP contribution in [0.4, 0.5) is 10.7 Å². The molecule has 32 heavy (non-hydrogen) atoms. The standard InChI is InChI=1S/C25H33N3O3S/c1-3-31-25(30)23-19-10-5-4-6-12-21(19)32-24(23)26-22(29)17-27-13-15-28(16-14-27)20-11-8-7-9-18(20)2/h7-9,11H,3-6,10,12-17H2,1-2H3,(H,26,29). The zero-order valence-corrected chi connectivity index (χ0v) is 19.9. The molecule has 0 unspecified atom stereocenters. The van der Waals surface area contributed by atoms with Crippen molar-refractivity contribution in [1.29, 1.82) is 0 Å². The van der Waals surface area contributed by atoms with Gasteiger partial charge >= 0.3 is 5.97 Å². The van der Waals surface area contributed by atoms with Gasteiger partial charge in [-0.1, -0.05) is 24.6 Å². The molecule has 0 saturated carbocycles. The molecule has 0 bridgehead atoms. The highest BCUT2D eigenvalue weighted by atomic mass is 32.1. The molecule has 1 aromatic carbocycles. The molecule has 4 rings (SSSR count). The number of hydrogen-bond acceptors (Lipinski definition) is 6. The highest BCUT2D eigenvalue weighted by molar-refractivity contribution is 7.17. The molecule has 1 aliphatic carbocycles. The highest BCUT2D eigenvalue weighted by Crippen LogP contribution is 2.38. The number of nitrogens with one attached hydrogen (secondary N) is 1. The third-order valence-corrected chi connectivity index (χ3v) is 7.56. The first-order chi connectivity index (χ1) is 15.6. The van der Waals surface area contributed by atoms with Crippen molar-refractivity contribution in [2.75, 3.05) is 49.5 Å². The first-order valence-corrected chi connectivity index (χ1v) is 12.5. The van der Waals surface area contributed by atoms with Gasteiger partial charge in [0.05, 0.1) is 18.7 Å². The van der Waals surface area contributed by atoms with E-state index in [0.29, 0.717) is 23.7 Å². The SMILES string of the molecule is CCOC(=O)c1c(NC(=O)CN2CCN(c3ccccc3C)CC2)sc2c1CCCCC2. The number of amides is 1. The van der Waals surface area contributed by atoms with Crippen molar-refractivity contribution in [2.45, 2.75) is 46.0 Å². The summed E-state index contributed by atoms with van der Waals surface area (Å²) in [4.78, 5) is 31.4. The van der Waals surface area contributed by atoms with E-state index in [2.05, 4.69) is 46.3 Å². The first-order valence-electron chi connectivity index (χ1n) is 11.7. The summed E-state index contributed by atoms with van der Waals surface area (Å²) < 4.78 is 5.33. The van der Waals surface area contributed by atoms with E-state index >= 15 is 0 Å². The summed E-state index contributed by atoms with van der Waals surface area (Å²) in [5.41, 5.74) is 4.23. The number of ether oxygens (including phenoxy) is 1. The Labute approximate surface area is 194 Å². The number of benzene rings is 1. The minimum Gasteiger partial charge on any atom is -0.462 e. The maximum absolute atomic E-state index is 12.9. The van der Waals surface area contributed by atoms with Gasteiger partial charge in [-0.2, -0.15) is 0 Å². The molecule has 2 heterocycles. The molecule has 0 radical (unpaired) electrons. The Morgan fingerprint density at radius 1 is 1.06 bits per heavy atom. The van der Waals surface area contributed by atoms with E-state index in [1.54, 1.807) is 11.3 Å². The Morgan fingerprint density at radius 3 is 2.56 bits per heavy atom. The van der Waals surface area contributed by atoms with Gasteiger partial charge in [0.15, 0.2) is 0 Å². The summed E-state index contributed by atoms with van der Waals surface area (Å²) in [6.07, 6.45) is 5.25. The number of fused-ring (bicyclic) bond motifs is 1. The lowest BCUT2D eigenvalue weighted by molar-refractivity contribution is -0.117. The van der Waals surface area contributed by atoms with Crippen LogP contribution in [-0.4, -0.2) is 56.1 Å². The van der Waals surface area contributed by atoms with Gasteiger partial charge in [-0.3, -0.25) is 9.69 Å². The Bertz CT molecular complexity index is 963. The van der Waals surface area contributed by atoms with E-state index in [0.717, 1.165) is 57.4 Å². The number of carbonyl (C=O) groups excluding carboxylic acids is 2. The number of nitrogens with zero attached hydrogens (tertiary/aromatic N) is 2. The quantitative estimate of drug-likeness (QED) is 0.521. The fourth-order valence-corrected chi connectivity index (χ4v) is 5.98. The predicted molar refractivity (Wildman–Crippen MR) is 130 cm³/mol. The molecule has 1 saturated heterocycles. The Kier molecular flexibility index (Phi) is 7.48. The lowest BCUT2D eigenvalue weighted by atomic mass is 10.1. The van der Waals surface area contributed by atoms with Crippen LogP contribution < -0.4 is 10.2 Å². The smallest absolute Gasteiger partial charge is 0.341 e. The van der Waals surface area contributed by atoms with E-state index in [1.807, 2.05) is 6.92 Å². The molecule has 0 spiro atoms. The Balaban J connectivity index is 1.39. The number of para-hydroxylation sites is 1. The first kappa shape index (κ1) is 22.8. The van der Waals surface area contributed by atoms with Crippen LogP contribution in [0.15, 0.2) is 24.3 Å². The zero-order valence-electron chi connectivity index (χ0n) is 19.1. The second-order valence-electron chi connectivity index (χ2n) is 8.59. The molecule has 1 fully saturated rings. The summed E-state index contributed by atoms with van der Waals surface area (Å²) in [5, 5.41) is 3.72. The molecule has 1 aromatic heterocycles. The third-order valence-electron chi connectivity index (χ3n) is 6.35. The van der Waals surface area contributed by atoms with Gasteiger partial charge in [0.1, 0.15) is 5.00 Å². The number of aryl methyl sites for hydroxylation is 2. The largest absolute Gasteiger partial charge is 0.462 e. The van der Waals surface area contributed by atoms with Crippen LogP contribution in [0.25, 0.3) is 0 Å². The summed E-state index contributed by atoms with van der Waals surface area (Å²) in [6.45, 7) is 8.12. The van der Waals surface area contributed by atoms with Gasteiger partial charge in [0.2, 0.25) is 5.91 Å². The second-order valence-corrected chi connectivity index (χ2v) is 9.69. The number of rotatable bonds is 6. The molecule has 2 aliphatic rings. The average Bonchev–Trinajstić information content (AvgIpc) is 2.95. The summed E-state index contributed by atoms with van der Waals surface area (Å²) >= 11 is 1.56. The highest BCUT2D eigenvalue weighted by Gasteiger charge is 2.27. The predicted octanol–water partition coefficient (Wildman–Crippen LogP) is 4.26. The number of thiophene rings is 1. The molecule has 0 atom stereocenters. The maximum atomic E-state index is 12.9. The molecular weight excluding hydrogens is 422 g/mol. The Hall–Kier alpha value is -2.38. The van der Waals surface area contributed by atoms with Crippen molar-refractivity contribution in [2.24, 2.45) is 0 Å². The summed E-state index contributed by atoms with van der Waals surface area (Å²) in [7, 11) is 0. The van der Waals surface area contributed by atoms with Crippen LogP contribution in [0.3, 0.4) is 0 Å². The van der Waals surface area contributed by atoms with Crippen LogP contribution >= 0.6 is 11.3 Å². The van der Waals surface area contributed by atoms with Gasteiger partial charge in [-0.25, -0.2) is 4.79 Å². The van der Waals surface area contributed by atoms with Gasteiger partial charge in [0, 0.05) is 36.7 Å². The normalized spacial score (nSPS) is 16.9. The van der Waals surface area contributed by atoms with Crippen LogP contribution in [0.5, 0.6) is 0 Å². The number of anilines is 2. The molecule has 172 valence electrons. The third kappa shape index (κ3) is 5.15. The molecular formula is C25H33N3O3S. The van der Waals surface area contributed by atoms with E-state index in [-0.39, 0.29) is 11.9 Å². The van der Waals surface area contributed by atoms with Crippen LogP contribution in [0.1, 0.15) is 52.5 Å². The number of carbonyl (C=O) groups is 2. The van der Waals surface area contributed by atoms with E-state index in [1.165, 1.54) is 22.5 Å². The maximum Gasteiger partial charge on any atom is 0.341 e. The van der Waals surface area contributed by atoms with Gasteiger partial charge in [0.25, 0.3) is 0 Å². The van der Waals surface area contributed by atoms with Crippen LogP contribution in [0, 0.1) is 6.92 Å². The summed E-state index contributed by atoms with van der Waals surface area (Å²) in [5.74, 6) is -0.370. The molecule has 7 heteroatoms. The van der Waals surface area contributed by atoms with Gasteiger partial charge in [-0.15, -0.1) is 11.3 Å². The number of piperazine rings is 1. The fourth-order valence-electron chi connectivity index (χ4n) is 4.68. The molecule has 1 aliphatic heterocycles. The average molecular weight is 456 g/mol. The van der Waals surface area contributed by atoms with E-state index < -0.39 is 0 Å². The summed E-state index contributed by atoms with van der Waals surface area (Å²) in [6, 6.07) is 8.44. The molecule has 1 N–H and O–H groups in total. The minimum atomic E-state index is -0.311. The number of esters is 1. The molecule has 1 amide bonds. The van der Waals surface area contributed by atoms with Crippen molar-refractivity contribution in [3.05, 3.63) is 45.8 Å². The lowest BCUT2D eigenvalue weighted by Gasteiger charge is -2.36.